The molecule has 22 heavy (non-hydrogen) atoms. The molecule has 1 amide bonds. The maximum Gasteiger partial charge on any atom is 0.235 e. The van der Waals surface area contributed by atoms with Crippen molar-refractivity contribution >= 4 is 17.5 Å². The van der Waals surface area contributed by atoms with Crippen LogP contribution < -0.4 is 5.73 Å². The van der Waals surface area contributed by atoms with Gasteiger partial charge in [-0.1, -0.05) is 35.9 Å². The van der Waals surface area contributed by atoms with Crippen LogP contribution in [0.15, 0.2) is 24.3 Å². The fourth-order valence-electron chi connectivity index (χ4n) is 3.08. The molecule has 2 N–H and O–H groups in total. The normalized spacial score (nSPS) is 18.2. The van der Waals surface area contributed by atoms with Crippen LogP contribution in [0, 0.1) is 6.92 Å². The minimum absolute atomic E-state index is 0.299. The maximum absolute atomic E-state index is 11.9. The monoisotopic (exact) mass is 318 g/mol. The molecule has 1 aliphatic heterocycles. The SMILES string of the molecule is Cc1nn(C)c(Cl)c1CN1Cc2ccccc2CC1C(N)=O. The Morgan fingerprint density at radius 1 is 1.41 bits per heavy atom. The molecule has 1 unspecified atom stereocenters. The summed E-state index contributed by atoms with van der Waals surface area (Å²) >= 11 is 6.32. The van der Waals surface area contributed by atoms with Crippen LogP contribution in [-0.4, -0.2) is 26.6 Å². The number of primary amides is 1. The van der Waals surface area contributed by atoms with Crippen molar-refractivity contribution in [2.75, 3.05) is 0 Å². The predicted molar refractivity (Wildman–Crippen MR) is 85.3 cm³/mol. The smallest absolute Gasteiger partial charge is 0.235 e. The summed E-state index contributed by atoms with van der Waals surface area (Å²) in [6.45, 7) is 3.19. The van der Waals surface area contributed by atoms with Gasteiger partial charge in [-0.3, -0.25) is 14.4 Å². The van der Waals surface area contributed by atoms with Gasteiger partial charge in [0.2, 0.25) is 5.91 Å². The van der Waals surface area contributed by atoms with E-state index in [1.807, 2.05) is 26.1 Å². The fourth-order valence-corrected chi connectivity index (χ4v) is 3.31. The summed E-state index contributed by atoms with van der Waals surface area (Å²) in [5.41, 5.74) is 9.88. The van der Waals surface area contributed by atoms with Gasteiger partial charge in [-0.2, -0.15) is 5.10 Å². The quantitative estimate of drug-likeness (QED) is 0.938. The first-order valence-electron chi connectivity index (χ1n) is 7.25. The van der Waals surface area contributed by atoms with E-state index in [1.165, 1.54) is 11.1 Å². The zero-order valence-corrected chi connectivity index (χ0v) is 13.5. The van der Waals surface area contributed by atoms with E-state index in [-0.39, 0.29) is 11.9 Å². The molecule has 3 rings (SSSR count). The summed E-state index contributed by atoms with van der Waals surface area (Å²) in [7, 11) is 1.82. The van der Waals surface area contributed by atoms with E-state index in [0.29, 0.717) is 24.7 Å². The van der Waals surface area contributed by atoms with E-state index in [0.717, 1.165) is 11.3 Å². The third-order valence-electron chi connectivity index (χ3n) is 4.31. The summed E-state index contributed by atoms with van der Waals surface area (Å²) in [6, 6.07) is 7.85. The molecule has 1 aliphatic rings. The lowest BCUT2D eigenvalue weighted by atomic mass is 9.93. The van der Waals surface area contributed by atoms with Crippen LogP contribution in [0.2, 0.25) is 5.15 Å². The van der Waals surface area contributed by atoms with E-state index >= 15 is 0 Å². The second-order valence-corrected chi connectivity index (χ2v) is 6.13. The maximum atomic E-state index is 11.9. The lowest BCUT2D eigenvalue weighted by Gasteiger charge is -2.35. The number of aryl methyl sites for hydroxylation is 2. The molecule has 0 bridgehead atoms. The third-order valence-corrected chi connectivity index (χ3v) is 4.78. The first kappa shape index (κ1) is 15.1. The number of nitrogens with two attached hydrogens (primary N) is 1. The lowest BCUT2D eigenvalue weighted by molar-refractivity contribution is -0.124. The number of halogens is 1. The molecule has 1 atom stereocenters. The molecule has 0 spiro atoms. The number of carbonyl (C=O) groups excluding carboxylic acids is 1. The number of aromatic nitrogens is 2. The lowest BCUT2D eigenvalue weighted by Crippen LogP contribution is -2.48. The van der Waals surface area contributed by atoms with Crippen molar-refractivity contribution < 1.29 is 4.79 Å². The summed E-state index contributed by atoms with van der Waals surface area (Å²) in [5, 5.41) is 4.94. The Morgan fingerprint density at radius 3 is 2.68 bits per heavy atom. The number of fused-ring (bicyclic) bond motifs is 1. The molecule has 2 heterocycles. The average molecular weight is 319 g/mol. The predicted octanol–water partition coefficient (Wildman–Crippen LogP) is 1.79. The topological polar surface area (TPSA) is 64.2 Å². The molecule has 0 radical (unpaired) electrons. The summed E-state index contributed by atoms with van der Waals surface area (Å²) in [5.74, 6) is -0.299. The van der Waals surface area contributed by atoms with Crippen LogP contribution in [0.5, 0.6) is 0 Å². The van der Waals surface area contributed by atoms with Crippen molar-refractivity contribution in [1.29, 1.82) is 0 Å². The third kappa shape index (κ3) is 2.62. The highest BCUT2D eigenvalue weighted by Crippen LogP contribution is 2.28. The van der Waals surface area contributed by atoms with Gasteiger partial charge in [0, 0.05) is 25.7 Å². The fraction of sp³-hybridized carbons (Fsp3) is 0.375. The summed E-state index contributed by atoms with van der Waals surface area (Å²) in [6.07, 6.45) is 0.641. The number of rotatable bonds is 3. The Bertz CT molecular complexity index is 725. The molecule has 1 aromatic heterocycles. The van der Waals surface area contributed by atoms with Gasteiger partial charge >= 0.3 is 0 Å². The summed E-state index contributed by atoms with van der Waals surface area (Å²) < 4.78 is 1.66. The zero-order valence-electron chi connectivity index (χ0n) is 12.7. The minimum Gasteiger partial charge on any atom is -0.368 e. The number of amides is 1. The molecule has 0 fully saturated rings. The highest BCUT2D eigenvalue weighted by Gasteiger charge is 2.31. The van der Waals surface area contributed by atoms with E-state index in [2.05, 4.69) is 22.1 Å². The first-order chi connectivity index (χ1) is 10.5. The number of hydrogen-bond donors (Lipinski definition) is 1. The standard InChI is InChI=1S/C16H19ClN4O/c1-10-13(15(17)20(2)19-10)9-21-8-12-6-4-3-5-11(12)7-14(21)16(18)22/h3-6,14H,7-9H2,1-2H3,(H2,18,22). The largest absolute Gasteiger partial charge is 0.368 e. The number of benzene rings is 1. The van der Waals surface area contributed by atoms with Crippen LogP contribution in [0.1, 0.15) is 22.4 Å². The Kier molecular flexibility index (Phi) is 3.93. The average Bonchev–Trinajstić information content (AvgIpc) is 2.73. The van der Waals surface area contributed by atoms with Crippen LogP contribution in [-0.2, 0) is 31.4 Å². The van der Waals surface area contributed by atoms with Crippen LogP contribution in [0.4, 0.5) is 0 Å². The second-order valence-electron chi connectivity index (χ2n) is 5.77. The highest BCUT2D eigenvalue weighted by atomic mass is 35.5. The van der Waals surface area contributed by atoms with Gasteiger partial charge < -0.3 is 5.73 Å². The van der Waals surface area contributed by atoms with Crippen molar-refractivity contribution in [2.45, 2.75) is 32.5 Å². The highest BCUT2D eigenvalue weighted by molar-refractivity contribution is 6.30. The van der Waals surface area contributed by atoms with Crippen molar-refractivity contribution in [3.63, 3.8) is 0 Å². The summed E-state index contributed by atoms with van der Waals surface area (Å²) in [4.78, 5) is 14.0. The molecule has 5 nitrogen and oxygen atoms in total. The van der Waals surface area contributed by atoms with Gasteiger partial charge in [0.05, 0.1) is 11.7 Å². The van der Waals surface area contributed by atoms with Crippen LogP contribution >= 0.6 is 11.6 Å². The molecule has 2 aromatic rings. The number of carbonyl (C=O) groups is 1. The van der Waals surface area contributed by atoms with E-state index in [1.54, 1.807) is 4.68 Å². The Morgan fingerprint density at radius 2 is 2.09 bits per heavy atom. The molecule has 0 aliphatic carbocycles. The molecule has 0 saturated carbocycles. The van der Waals surface area contributed by atoms with Gasteiger partial charge in [-0.15, -0.1) is 0 Å². The first-order valence-corrected chi connectivity index (χ1v) is 7.63. The second kappa shape index (κ2) is 5.74. The number of nitrogens with zero attached hydrogens (tertiary/aromatic N) is 3. The molecular formula is C16H19ClN4O. The van der Waals surface area contributed by atoms with E-state index in [9.17, 15) is 4.79 Å². The van der Waals surface area contributed by atoms with Crippen molar-refractivity contribution in [3.8, 4) is 0 Å². The van der Waals surface area contributed by atoms with Crippen molar-refractivity contribution in [2.24, 2.45) is 12.8 Å². The number of hydrogen-bond acceptors (Lipinski definition) is 3. The Balaban J connectivity index is 1.93. The molecule has 6 heteroatoms. The molecule has 0 saturated heterocycles. The molecular weight excluding hydrogens is 300 g/mol. The van der Waals surface area contributed by atoms with Crippen molar-refractivity contribution in [1.82, 2.24) is 14.7 Å². The Labute approximate surface area is 134 Å². The molecule has 1 aromatic carbocycles. The van der Waals surface area contributed by atoms with Gasteiger partial charge in [0.25, 0.3) is 0 Å². The minimum atomic E-state index is -0.314. The van der Waals surface area contributed by atoms with Gasteiger partial charge in [-0.25, -0.2) is 0 Å². The van der Waals surface area contributed by atoms with Gasteiger partial charge in [-0.05, 0) is 24.5 Å². The van der Waals surface area contributed by atoms with Crippen LogP contribution in [0.25, 0.3) is 0 Å². The van der Waals surface area contributed by atoms with Crippen LogP contribution in [0.3, 0.4) is 0 Å². The molecule has 116 valence electrons. The van der Waals surface area contributed by atoms with E-state index < -0.39 is 0 Å². The van der Waals surface area contributed by atoms with Crippen molar-refractivity contribution in [3.05, 3.63) is 51.8 Å². The zero-order chi connectivity index (χ0) is 15.9. The van der Waals surface area contributed by atoms with Gasteiger partial charge in [0.15, 0.2) is 0 Å². The van der Waals surface area contributed by atoms with Gasteiger partial charge in [0.1, 0.15) is 5.15 Å². The van der Waals surface area contributed by atoms with E-state index in [4.69, 9.17) is 17.3 Å². The Hall–Kier alpha value is -1.85.